The van der Waals surface area contributed by atoms with Crippen molar-refractivity contribution in [2.24, 2.45) is 5.41 Å². The Bertz CT molecular complexity index is 1440. The highest BCUT2D eigenvalue weighted by Crippen LogP contribution is 2.30. The smallest absolute Gasteiger partial charge is 0.227 e. The number of benzene rings is 1. The SMILES string of the molecule is CC(C)(Cn1cc2c(N)nc3cc(-c4ccn[nH]4)ccc3c2n1)C(=O)NCc1ccccn1. The minimum Gasteiger partial charge on any atom is -0.383 e. The van der Waals surface area contributed by atoms with Crippen molar-refractivity contribution in [1.29, 1.82) is 0 Å². The number of nitrogen functional groups attached to an aromatic ring is 1. The average molecular weight is 441 g/mol. The van der Waals surface area contributed by atoms with E-state index in [0.29, 0.717) is 18.9 Å². The summed E-state index contributed by atoms with van der Waals surface area (Å²) < 4.78 is 1.77. The Labute approximate surface area is 190 Å². The van der Waals surface area contributed by atoms with Gasteiger partial charge in [0.1, 0.15) is 11.3 Å². The number of rotatable bonds is 6. The molecule has 33 heavy (non-hydrogen) atoms. The van der Waals surface area contributed by atoms with E-state index in [1.807, 2.05) is 62.5 Å². The molecule has 0 bridgehead atoms. The average Bonchev–Trinajstić information content (AvgIpc) is 3.48. The first-order chi connectivity index (χ1) is 15.9. The number of carbonyl (C=O) groups excluding carboxylic acids is 1. The van der Waals surface area contributed by atoms with Crippen molar-refractivity contribution in [3.8, 4) is 11.3 Å². The monoisotopic (exact) mass is 440 g/mol. The highest BCUT2D eigenvalue weighted by Gasteiger charge is 2.29. The molecule has 0 radical (unpaired) electrons. The zero-order chi connectivity index (χ0) is 23.0. The van der Waals surface area contributed by atoms with Crippen LogP contribution in [0.25, 0.3) is 33.1 Å². The lowest BCUT2D eigenvalue weighted by Crippen LogP contribution is -2.39. The van der Waals surface area contributed by atoms with Crippen LogP contribution in [0, 0.1) is 5.41 Å². The Morgan fingerprint density at radius 1 is 1.15 bits per heavy atom. The molecule has 1 aromatic carbocycles. The van der Waals surface area contributed by atoms with Crippen LogP contribution in [0.1, 0.15) is 19.5 Å². The molecule has 0 spiro atoms. The van der Waals surface area contributed by atoms with E-state index in [-0.39, 0.29) is 5.91 Å². The Hall–Kier alpha value is -4.27. The maximum atomic E-state index is 12.9. The Balaban J connectivity index is 1.41. The number of amides is 1. The molecule has 4 heterocycles. The van der Waals surface area contributed by atoms with Crippen LogP contribution in [0.3, 0.4) is 0 Å². The zero-order valence-corrected chi connectivity index (χ0v) is 18.4. The zero-order valence-electron chi connectivity index (χ0n) is 18.4. The molecule has 5 aromatic rings. The molecule has 0 aliphatic rings. The largest absolute Gasteiger partial charge is 0.383 e. The van der Waals surface area contributed by atoms with Crippen molar-refractivity contribution in [3.05, 3.63) is 66.7 Å². The highest BCUT2D eigenvalue weighted by molar-refractivity contribution is 6.08. The fraction of sp³-hybridized carbons (Fsp3) is 0.208. The summed E-state index contributed by atoms with van der Waals surface area (Å²) >= 11 is 0. The van der Waals surface area contributed by atoms with E-state index in [4.69, 9.17) is 10.8 Å². The van der Waals surface area contributed by atoms with Gasteiger partial charge in [0.15, 0.2) is 0 Å². The van der Waals surface area contributed by atoms with Crippen molar-refractivity contribution in [2.45, 2.75) is 26.9 Å². The molecule has 1 amide bonds. The standard InChI is InChI=1S/C24H24N8O/c1-24(2,23(33)27-12-16-5-3-4-9-26-16)14-32-13-18-21(31-32)17-7-6-15(19-8-10-28-30-19)11-20(17)29-22(18)25/h3-11,13H,12,14H2,1-2H3,(H2,25,29)(H,27,33)(H,28,30). The van der Waals surface area contributed by atoms with E-state index in [9.17, 15) is 4.79 Å². The molecule has 4 aromatic heterocycles. The molecule has 0 unspecified atom stereocenters. The van der Waals surface area contributed by atoms with Gasteiger partial charge in [0.25, 0.3) is 0 Å². The summed E-state index contributed by atoms with van der Waals surface area (Å²) in [5.41, 5.74) is 9.78. The third-order valence-corrected chi connectivity index (χ3v) is 5.67. The number of H-pyrrole nitrogens is 1. The molecular formula is C24H24N8O. The Kier molecular flexibility index (Phi) is 5.01. The Morgan fingerprint density at radius 2 is 2.03 bits per heavy atom. The number of anilines is 1. The minimum atomic E-state index is -0.692. The summed E-state index contributed by atoms with van der Waals surface area (Å²) in [7, 11) is 0. The van der Waals surface area contributed by atoms with E-state index in [1.54, 1.807) is 17.1 Å². The predicted octanol–water partition coefficient (Wildman–Crippen LogP) is 3.29. The summed E-state index contributed by atoms with van der Waals surface area (Å²) in [6.45, 7) is 4.56. The van der Waals surface area contributed by atoms with E-state index in [0.717, 1.165) is 38.8 Å². The van der Waals surface area contributed by atoms with Crippen molar-refractivity contribution in [2.75, 3.05) is 5.73 Å². The van der Waals surface area contributed by atoms with E-state index < -0.39 is 5.41 Å². The van der Waals surface area contributed by atoms with Gasteiger partial charge in [-0.05, 0) is 44.2 Å². The number of nitrogens with two attached hydrogens (primary N) is 1. The second-order valence-corrected chi connectivity index (χ2v) is 8.68. The van der Waals surface area contributed by atoms with Crippen LogP contribution in [0.15, 0.2) is 61.1 Å². The lowest BCUT2D eigenvalue weighted by atomic mass is 9.92. The molecule has 0 saturated carbocycles. The highest BCUT2D eigenvalue weighted by atomic mass is 16.2. The van der Waals surface area contributed by atoms with Crippen molar-refractivity contribution < 1.29 is 4.79 Å². The first kappa shape index (κ1) is 20.6. The van der Waals surface area contributed by atoms with Gasteiger partial charge in [-0.3, -0.25) is 19.6 Å². The van der Waals surface area contributed by atoms with Crippen molar-refractivity contribution >= 4 is 33.5 Å². The van der Waals surface area contributed by atoms with Crippen LogP contribution in [0.4, 0.5) is 5.82 Å². The first-order valence-electron chi connectivity index (χ1n) is 10.6. The molecule has 166 valence electrons. The molecule has 9 nitrogen and oxygen atoms in total. The third kappa shape index (κ3) is 4.00. The molecule has 0 atom stereocenters. The summed E-state index contributed by atoms with van der Waals surface area (Å²) in [6.07, 6.45) is 5.27. The maximum Gasteiger partial charge on any atom is 0.227 e. The van der Waals surface area contributed by atoms with Gasteiger partial charge >= 0.3 is 0 Å². The van der Waals surface area contributed by atoms with Crippen LogP contribution < -0.4 is 11.1 Å². The van der Waals surface area contributed by atoms with Gasteiger partial charge in [-0.15, -0.1) is 0 Å². The number of fused-ring (bicyclic) bond motifs is 3. The van der Waals surface area contributed by atoms with E-state index in [1.165, 1.54) is 0 Å². The second kappa shape index (κ2) is 8.01. The van der Waals surface area contributed by atoms with Crippen LogP contribution in [0.2, 0.25) is 0 Å². The van der Waals surface area contributed by atoms with Crippen LogP contribution in [0.5, 0.6) is 0 Å². The van der Waals surface area contributed by atoms with E-state index >= 15 is 0 Å². The number of nitrogens with one attached hydrogen (secondary N) is 2. The Morgan fingerprint density at radius 3 is 2.79 bits per heavy atom. The molecule has 5 rings (SSSR count). The van der Waals surface area contributed by atoms with Crippen LogP contribution in [-0.2, 0) is 17.9 Å². The number of hydrogen-bond donors (Lipinski definition) is 3. The molecule has 0 saturated heterocycles. The predicted molar refractivity (Wildman–Crippen MR) is 127 cm³/mol. The number of hydrogen-bond acceptors (Lipinski definition) is 6. The summed E-state index contributed by atoms with van der Waals surface area (Å²) in [5, 5.41) is 16.4. The molecule has 0 aliphatic carbocycles. The van der Waals surface area contributed by atoms with Gasteiger partial charge in [-0.2, -0.15) is 10.2 Å². The van der Waals surface area contributed by atoms with Crippen molar-refractivity contribution in [3.63, 3.8) is 0 Å². The van der Waals surface area contributed by atoms with Crippen molar-refractivity contribution in [1.82, 2.24) is 35.3 Å². The molecule has 4 N–H and O–H groups in total. The normalized spacial score (nSPS) is 11.8. The fourth-order valence-electron chi connectivity index (χ4n) is 3.88. The van der Waals surface area contributed by atoms with Crippen LogP contribution in [-0.4, -0.2) is 35.9 Å². The van der Waals surface area contributed by atoms with Crippen LogP contribution >= 0.6 is 0 Å². The number of pyridine rings is 2. The quantitative estimate of drug-likeness (QED) is 0.372. The second-order valence-electron chi connectivity index (χ2n) is 8.68. The minimum absolute atomic E-state index is 0.0761. The van der Waals surface area contributed by atoms with Gasteiger partial charge < -0.3 is 11.1 Å². The summed E-state index contributed by atoms with van der Waals surface area (Å²) in [6, 6.07) is 13.5. The van der Waals surface area contributed by atoms with Gasteiger partial charge in [0.05, 0.1) is 40.8 Å². The third-order valence-electron chi connectivity index (χ3n) is 5.67. The molecule has 9 heteroatoms. The molecule has 0 fully saturated rings. The van der Waals surface area contributed by atoms with Gasteiger partial charge in [-0.1, -0.05) is 12.1 Å². The first-order valence-corrected chi connectivity index (χ1v) is 10.6. The van der Waals surface area contributed by atoms with Gasteiger partial charge in [0.2, 0.25) is 5.91 Å². The molecule has 0 aliphatic heterocycles. The number of nitrogens with zero attached hydrogens (tertiary/aromatic N) is 5. The number of aromatic amines is 1. The number of carbonyl (C=O) groups is 1. The van der Waals surface area contributed by atoms with Gasteiger partial charge in [-0.25, -0.2) is 4.98 Å². The van der Waals surface area contributed by atoms with Gasteiger partial charge in [0, 0.05) is 29.5 Å². The fourth-order valence-corrected chi connectivity index (χ4v) is 3.88. The topological polar surface area (TPSA) is 127 Å². The summed E-state index contributed by atoms with van der Waals surface area (Å²) in [5.74, 6) is 0.329. The number of aromatic nitrogens is 6. The van der Waals surface area contributed by atoms with E-state index in [2.05, 4.69) is 25.5 Å². The maximum absolute atomic E-state index is 12.9. The lowest BCUT2D eigenvalue weighted by molar-refractivity contribution is -0.130. The lowest BCUT2D eigenvalue weighted by Gasteiger charge is -2.23. The summed E-state index contributed by atoms with van der Waals surface area (Å²) in [4.78, 5) is 21.7. The molecular weight excluding hydrogens is 416 g/mol.